The van der Waals surface area contributed by atoms with Gasteiger partial charge in [-0.1, -0.05) is 66.6 Å². The Balaban J connectivity index is 1.52. The molecule has 5 nitrogen and oxygen atoms in total. The van der Waals surface area contributed by atoms with E-state index in [2.05, 4.69) is 46.6 Å². The van der Waals surface area contributed by atoms with Crippen molar-refractivity contribution in [1.82, 2.24) is 19.2 Å². The molecule has 0 spiro atoms. The van der Waals surface area contributed by atoms with Crippen LogP contribution in [0.4, 0.5) is 0 Å². The number of amides is 1. The van der Waals surface area contributed by atoms with Crippen LogP contribution in [0.2, 0.25) is 5.02 Å². The summed E-state index contributed by atoms with van der Waals surface area (Å²) in [5.74, 6) is 0.297. The van der Waals surface area contributed by atoms with E-state index in [-0.39, 0.29) is 11.8 Å². The summed E-state index contributed by atoms with van der Waals surface area (Å²) >= 11 is 7.92. The van der Waals surface area contributed by atoms with Crippen molar-refractivity contribution in [3.63, 3.8) is 0 Å². The van der Waals surface area contributed by atoms with Gasteiger partial charge in [-0.05, 0) is 25.1 Å². The molecule has 166 valence electrons. The van der Waals surface area contributed by atoms with Crippen molar-refractivity contribution >= 4 is 44.0 Å². The number of fused-ring (bicyclic) bond motifs is 3. The second-order valence-corrected chi connectivity index (χ2v) is 10.3. The monoisotopic (exact) mass is 466 g/mol. The minimum atomic E-state index is 0.0492. The molecule has 0 radical (unpaired) electrons. The number of benzene rings is 2. The Bertz CT molecular complexity index is 1280. The second-order valence-electron chi connectivity index (χ2n) is 8.86. The number of carbonyl (C=O) groups is 1. The van der Waals surface area contributed by atoms with Gasteiger partial charge in [-0.15, -0.1) is 0 Å². The molecule has 1 fully saturated rings. The van der Waals surface area contributed by atoms with Crippen LogP contribution in [-0.2, 0) is 11.3 Å². The molecule has 0 bridgehead atoms. The molecule has 0 aliphatic carbocycles. The number of thiazole rings is 1. The first kappa shape index (κ1) is 21.4. The first-order chi connectivity index (χ1) is 15.4. The summed E-state index contributed by atoms with van der Waals surface area (Å²) in [4.78, 5) is 22.9. The largest absolute Gasteiger partial charge is 0.340 e. The van der Waals surface area contributed by atoms with Crippen molar-refractivity contribution in [3.8, 4) is 11.3 Å². The average Bonchev–Trinajstić information content (AvgIpc) is 3.30. The summed E-state index contributed by atoms with van der Waals surface area (Å²) in [6.45, 7) is 10.1. The van der Waals surface area contributed by atoms with E-state index in [4.69, 9.17) is 16.6 Å². The van der Waals surface area contributed by atoms with Crippen LogP contribution in [0.1, 0.15) is 25.1 Å². The van der Waals surface area contributed by atoms with E-state index in [1.54, 1.807) is 11.3 Å². The summed E-state index contributed by atoms with van der Waals surface area (Å²) in [5.41, 5.74) is 5.75. The molecule has 2 aromatic carbocycles. The van der Waals surface area contributed by atoms with Gasteiger partial charge in [0.25, 0.3) is 0 Å². The lowest BCUT2D eigenvalue weighted by Gasteiger charge is -2.35. The molecule has 5 rings (SSSR count). The van der Waals surface area contributed by atoms with E-state index in [1.165, 1.54) is 11.3 Å². The number of piperazine rings is 1. The highest BCUT2D eigenvalue weighted by molar-refractivity contribution is 7.23. The minimum Gasteiger partial charge on any atom is -0.340 e. The Kier molecular flexibility index (Phi) is 5.70. The van der Waals surface area contributed by atoms with Crippen molar-refractivity contribution in [2.75, 3.05) is 26.2 Å². The fourth-order valence-corrected chi connectivity index (χ4v) is 5.71. The predicted molar refractivity (Wildman–Crippen MR) is 132 cm³/mol. The van der Waals surface area contributed by atoms with E-state index < -0.39 is 0 Å². The van der Waals surface area contributed by atoms with E-state index in [1.807, 2.05) is 30.9 Å². The van der Waals surface area contributed by atoms with Gasteiger partial charge in [-0.2, -0.15) is 0 Å². The van der Waals surface area contributed by atoms with Crippen LogP contribution in [0, 0.1) is 12.8 Å². The first-order valence-electron chi connectivity index (χ1n) is 11.1. The molecule has 2 aromatic heterocycles. The van der Waals surface area contributed by atoms with Crippen molar-refractivity contribution in [2.24, 2.45) is 5.92 Å². The van der Waals surface area contributed by atoms with Gasteiger partial charge in [0.05, 0.1) is 21.6 Å². The summed E-state index contributed by atoms with van der Waals surface area (Å²) in [6.07, 6.45) is 0. The molecular weight excluding hydrogens is 440 g/mol. The highest BCUT2D eigenvalue weighted by Crippen LogP contribution is 2.35. The van der Waals surface area contributed by atoms with E-state index in [9.17, 15) is 4.79 Å². The molecular formula is C25H27ClN4OS. The number of hydrogen-bond acceptors (Lipinski definition) is 4. The topological polar surface area (TPSA) is 40.9 Å². The summed E-state index contributed by atoms with van der Waals surface area (Å²) in [6, 6.07) is 14.6. The van der Waals surface area contributed by atoms with Crippen molar-refractivity contribution in [2.45, 2.75) is 27.3 Å². The molecule has 1 saturated heterocycles. The lowest BCUT2D eigenvalue weighted by molar-refractivity contribution is -0.136. The Hall–Kier alpha value is -2.41. The molecule has 1 aliphatic rings. The van der Waals surface area contributed by atoms with Gasteiger partial charge in [0.15, 0.2) is 4.96 Å². The third-order valence-electron chi connectivity index (χ3n) is 6.18. The van der Waals surface area contributed by atoms with Gasteiger partial charge >= 0.3 is 0 Å². The van der Waals surface area contributed by atoms with Gasteiger partial charge in [-0.3, -0.25) is 14.1 Å². The maximum Gasteiger partial charge on any atom is 0.225 e. The van der Waals surface area contributed by atoms with Crippen LogP contribution in [0.25, 0.3) is 26.4 Å². The fourth-order valence-electron chi connectivity index (χ4n) is 4.39. The lowest BCUT2D eigenvalue weighted by atomic mass is 10.1. The highest BCUT2D eigenvalue weighted by atomic mass is 35.5. The zero-order valence-corrected chi connectivity index (χ0v) is 20.2. The van der Waals surface area contributed by atoms with E-state index in [0.717, 1.165) is 64.2 Å². The third kappa shape index (κ3) is 3.91. The number of hydrogen-bond donors (Lipinski definition) is 0. The molecule has 4 aromatic rings. The molecule has 1 amide bonds. The van der Waals surface area contributed by atoms with Crippen LogP contribution in [0.15, 0.2) is 42.5 Å². The van der Waals surface area contributed by atoms with Crippen LogP contribution in [0.5, 0.6) is 0 Å². The standard InChI is InChI=1S/C25H27ClN4OS/c1-16(2)24(31)29-12-10-28(11-13-29)15-21-23(18-6-4-17(3)5-7-18)27-25-30(21)20-9-8-19(26)14-22(20)32-25/h4-9,14,16H,10-13,15H2,1-3H3. The Morgan fingerprint density at radius 3 is 2.50 bits per heavy atom. The maximum atomic E-state index is 12.4. The van der Waals surface area contributed by atoms with Gasteiger partial charge in [0.1, 0.15) is 0 Å². The third-order valence-corrected chi connectivity index (χ3v) is 7.42. The molecule has 0 unspecified atom stereocenters. The van der Waals surface area contributed by atoms with Crippen LogP contribution in [0.3, 0.4) is 0 Å². The second kappa shape index (κ2) is 8.50. The summed E-state index contributed by atoms with van der Waals surface area (Å²) in [5, 5.41) is 0.744. The molecule has 32 heavy (non-hydrogen) atoms. The summed E-state index contributed by atoms with van der Waals surface area (Å²) < 4.78 is 3.43. The predicted octanol–water partition coefficient (Wildman–Crippen LogP) is 5.48. The Morgan fingerprint density at radius 1 is 1.09 bits per heavy atom. The van der Waals surface area contributed by atoms with Crippen molar-refractivity contribution < 1.29 is 4.79 Å². The Labute approximate surface area is 197 Å². The number of halogens is 1. The number of aromatic nitrogens is 2. The zero-order chi connectivity index (χ0) is 22.4. The van der Waals surface area contributed by atoms with Gasteiger partial charge in [-0.25, -0.2) is 4.98 Å². The number of imidazole rings is 1. The number of aryl methyl sites for hydroxylation is 1. The number of carbonyl (C=O) groups excluding carboxylic acids is 1. The fraction of sp³-hybridized carbons (Fsp3) is 0.360. The minimum absolute atomic E-state index is 0.0492. The van der Waals surface area contributed by atoms with Crippen molar-refractivity contribution in [3.05, 3.63) is 58.7 Å². The van der Waals surface area contributed by atoms with Gasteiger partial charge < -0.3 is 4.90 Å². The first-order valence-corrected chi connectivity index (χ1v) is 12.3. The van der Waals surface area contributed by atoms with E-state index >= 15 is 0 Å². The normalized spacial score (nSPS) is 15.3. The summed E-state index contributed by atoms with van der Waals surface area (Å²) in [7, 11) is 0. The van der Waals surface area contributed by atoms with Gasteiger partial charge in [0, 0.05) is 49.2 Å². The van der Waals surface area contributed by atoms with Crippen molar-refractivity contribution in [1.29, 1.82) is 0 Å². The molecule has 0 saturated carbocycles. The molecule has 1 aliphatic heterocycles. The molecule has 0 N–H and O–H groups in total. The van der Waals surface area contributed by atoms with Crippen LogP contribution >= 0.6 is 22.9 Å². The number of rotatable bonds is 4. The van der Waals surface area contributed by atoms with E-state index in [0.29, 0.717) is 0 Å². The van der Waals surface area contributed by atoms with Gasteiger partial charge in [0.2, 0.25) is 5.91 Å². The average molecular weight is 467 g/mol. The quantitative estimate of drug-likeness (QED) is 0.400. The smallest absolute Gasteiger partial charge is 0.225 e. The molecule has 7 heteroatoms. The number of nitrogens with zero attached hydrogens (tertiary/aromatic N) is 4. The lowest BCUT2D eigenvalue weighted by Crippen LogP contribution is -2.49. The highest BCUT2D eigenvalue weighted by Gasteiger charge is 2.26. The zero-order valence-electron chi connectivity index (χ0n) is 18.6. The SMILES string of the molecule is Cc1ccc(-c2nc3sc4cc(Cl)ccc4n3c2CN2CCN(C(=O)C(C)C)CC2)cc1. The van der Waals surface area contributed by atoms with Crippen LogP contribution < -0.4 is 0 Å². The molecule has 3 heterocycles. The molecule has 0 atom stereocenters. The Morgan fingerprint density at radius 2 is 1.81 bits per heavy atom. The maximum absolute atomic E-state index is 12.4. The van der Waals surface area contributed by atoms with Crippen LogP contribution in [-0.4, -0.2) is 51.3 Å².